The molecule has 0 bridgehead atoms. The predicted octanol–water partition coefficient (Wildman–Crippen LogP) is 1.87. The summed E-state index contributed by atoms with van der Waals surface area (Å²) in [5.74, 6) is -0.117. The van der Waals surface area contributed by atoms with Crippen molar-refractivity contribution in [1.82, 2.24) is 5.27 Å². The van der Waals surface area contributed by atoms with Crippen molar-refractivity contribution in [1.29, 1.82) is 0 Å². The Morgan fingerprint density at radius 1 is 1.31 bits per heavy atom. The Kier molecular flexibility index (Phi) is 7.46. The summed E-state index contributed by atoms with van der Waals surface area (Å²) in [6.45, 7) is 2.43. The molecule has 9 heteroatoms. The van der Waals surface area contributed by atoms with Gasteiger partial charge in [0.15, 0.2) is 7.05 Å². The first-order chi connectivity index (χ1) is 12.5. The molecule has 1 heterocycles. The Labute approximate surface area is 154 Å². The van der Waals surface area contributed by atoms with Crippen LogP contribution < -0.4 is 15.6 Å². The molecule has 0 aliphatic carbocycles. The number of H-pyrrole nitrogens is 1. The first-order valence-electron chi connectivity index (χ1n) is 8.28. The van der Waals surface area contributed by atoms with Crippen molar-refractivity contribution in [2.24, 2.45) is 7.05 Å². The first-order valence-corrected chi connectivity index (χ1v) is 9.27. The fraction of sp³-hybridized carbons (Fsp3) is 0.412. The Bertz CT molecular complexity index is 797. The summed E-state index contributed by atoms with van der Waals surface area (Å²) in [5, 5.41) is 5.57. The van der Waals surface area contributed by atoms with Crippen molar-refractivity contribution in [2.75, 3.05) is 17.7 Å². The van der Waals surface area contributed by atoms with Crippen molar-refractivity contribution < 1.29 is 23.5 Å². The number of nitrogens with one attached hydrogen (secondary N) is 2. The maximum atomic E-state index is 12.0. The zero-order valence-corrected chi connectivity index (χ0v) is 15.6. The summed E-state index contributed by atoms with van der Waals surface area (Å²) in [6.07, 6.45) is 2.03. The number of aryl methyl sites for hydroxylation is 1. The van der Waals surface area contributed by atoms with Crippen LogP contribution in [0.3, 0.4) is 0 Å². The standard InChI is InChI=1S/C17H21N3O5S/c1-3-4-10-24-16(22)12-5-7-13(8-6-12)18-14(21)9-11-26-15-17(23)25-19-20(15)2/h5-8H,3-4,9-11H2,1-2H3,(H-,18,19,21,22,23)/p+1. The molecule has 2 N–H and O–H groups in total. The number of carbonyl (C=O) groups excluding carboxylic acids is 2. The Balaban J connectivity index is 1.78. The third kappa shape index (κ3) is 5.76. The number of benzene rings is 1. The SMILES string of the molecule is CCCCOC(=O)c1ccc(NC(=O)CCSc2c(=O)o[nH][n+]2C)cc1. The number of ether oxygens (including phenoxy) is 1. The number of unbranched alkanes of at least 4 members (excludes halogenated alkanes) is 1. The topological polar surface area (TPSA) is 105 Å². The molecular formula is C17H22N3O5S+. The van der Waals surface area contributed by atoms with Crippen LogP contribution in [-0.2, 0) is 16.6 Å². The maximum Gasteiger partial charge on any atom is 0.441 e. The molecule has 0 saturated heterocycles. The molecular weight excluding hydrogens is 358 g/mol. The number of anilines is 1. The Hall–Kier alpha value is -2.55. The van der Waals surface area contributed by atoms with E-state index in [0.717, 1.165) is 12.8 Å². The molecule has 1 amide bonds. The van der Waals surface area contributed by atoms with E-state index in [9.17, 15) is 14.4 Å². The van der Waals surface area contributed by atoms with Crippen LogP contribution in [0, 0.1) is 0 Å². The molecule has 1 aromatic heterocycles. The largest absolute Gasteiger partial charge is 0.462 e. The van der Waals surface area contributed by atoms with E-state index in [1.54, 1.807) is 31.3 Å². The highest BCUT2D eigenvalue weighted by atomic mass is 32.2. The highest BCUT2D eigenvalue weighted by molar-refractivity contribution is 7.99. The smallest absolute Gasteiger partial charge is 0.441 e. The van der Waals surface area contributed by atoms with Gasteiger partial charge in [0.2, 0.25) is 5.91 Å². The third-order valence-corrected chi connectivity index (χ3v) is 4.58. The van der Waals surface area contributed by atoms with Crippen LogP contribution in [0.1, 0.15) is 36.5 Å². The van der Waals surface area contributed by atoms with Crippen molar-refractivity contribution in [2.45, 2.75) is 31.2 Å². The molecule has 0 radical (unpaired) electrons. The van der Waals surface area contributed by atoms with E-state index in [1.165, 1.54) is 16.4 Å². The molecule has 0 aliphatic rings. The van der Waals surface area contributed by atoms with E-state index in [1.807, 2.05) is 6.92 Å². The molecule has 1 aromatic carbocycles. The number of rotatable bonds is 9. The number of nitrogens with zero attached hydrogens (tertiary/aromatic N) is 1. The monoisotopic (exact) mass is 380 g/mol. The van der Waals surface area contributed by atoms with E-state index in [-0.39, 0.29) is 18.3 Å². The summed E-state index contributed by atoms with van der Waals surface area (Å²) in [6, 6.07) is 6.54. The van der Waals surface area contributed by atoms with Gasteiger partial charge in [-0.05, 0) is 47.7 Å². The van der Waals surface area contributed by atoms with Crippen LogP contribution in [0.15, 0.2) is 38.6 Å². The van der Waals surface area contributed by atoms with Crippen LogP contribution in [0.2, 0.25) is 0 Å². The maximum absolute atomic E-state index is 12.0. The molecule has 2 rings (SSSR count). The average molecular weight is 380 g/mol. The van der Waals surface area contributed by atoms with Gasteiger partial charge in [-0.25, -0.2) is 9.59 Å². The Morgan fingerprint density at radius 2 is 2.04 bits per heavy atom. The number of thioether (sulfide) groups is 1. The zero-order valence-electron chi connectivity index (χ0n) is 14.7. The number of hydrogen-bond acceptors (Lipinski definition) is 6. The fourth-order valence-electron chi connectivity index (χ4n) is 2.03. The highest BCUT2D eigenvalue weighted by Gasteiger charge is 2.18. The quantitative estimate of drug-likeness (QED) is 0.298. The van der Waals surface area contributed by atoms with Gasteiger partial charge in [-0.3, -0.25) is 9.32 Å². The minimum Gasteiger partial charge on any atom is -0.462 e. The van der Waals surface area contributed by atoms with Gasteiger partial charge in [0, 0.05) is 17.9 Å². The van der Waals surface area contributed by atoms with Gasteiger partial charge in [-0.15, -0.1) is 0 Å². The minimum atomic E-state index is -0.459. The average Bonchev–Trinajstić information content (AvgIpc) is 2.94. The highest BCUT2D eigenvalue weighted by Crippen LogP contribution is 2.13. The van der Waals surface area contributed by atoms with Crippen molar-refractivity contribution in [3.05, 3.63) is 40.2 Å². The summed E-state index contributed by atoms with van der Waals surface area (Å²) in [5.41, 5.74) is 0.581. The third-order valence-electron chi connectivity index (χ3n) is 3.46. The van der Waals surface area contributed by atoms with Gasteiger partial charge in [-0.2, -0.15) is 0 Å². The van der Waals surface area contributed by atoms with Gasteiger partial charge >= 0.3 is 16.6 Å². The molecule has 0 atom stereocenters. The normalized spacial score (nSPS) is 10.5. The number of aromatic nitrogens is 2. The molecule has 0 unspecified atom stereocenters. The predicted molar refractivity (Wildman–Crippen MR) is 96.1 cm³/mol. The van der Waals surface area contributed by atoms with Crippen molar-refractivity contribution in [3.8, 4) is 0 Å². The van der Waals surface area contributed by atoms with E-state index >= 15 is 0 Å². The molecule has 140 valence electrons. The van der Waals surface area contributed by atoms with Crippen molar-refractivity contribution >= 4 is 29.3 Å². The summed E-state index contributed by atoms with van der Waals surface area (Å²) in [4.78, 5) is 35.2. The van der Waals surface area contributed by atoms with Gasteiger partial charge < -0.3 is 10.1 Å². The van der Waals surface area contributed by atoms with Crippen molar-refractivity contribution in [3.63, 3.8) is 0 Å². The first kappa shape index (κ1) is 19.8. The second kappa shape index (κ2) is 9.81. The lowest BCUT2D eigenvalue weighted by Crippen LogP contribution is -2.33. The Morgan fingerprint density at radius 3 is 2.65 bits per heavy atom. The number of esters is 1. The van der Waals surface area contributed by atoms with Gasteiger partial charge in [0.1, 0.15) is 0 Å². The molecule has 0 saturated carbocycles. The molecule has 0 fully saturated rings. The lowest BCUT2D eigenvalue weighted by Gasteiger charge is -2.06. The van der Waals surface area contributed by atoms with Crippen LogP contribution in [0.25, 0.3) is 0 Å². The van der Waals surface area contributed by atoms with E-state index in [2.05, 4.69) is 15.1 Å². The summed E-state index contributed by atoms with van der Waals surface area (Å²) in [7, 11) is 1.65. The number of carbonyl (C=O) groups is 2. The number of aromatic amines is 1. The van der Waals surface area contributed by atoms with Crippen LogP contribution in [-0.4, -0.2) is 29.5 Å². The van der Waals surface area contributed by atoms with Gasteiger partial charge in [0.05, 0.1) is 12.2 Å². The second-order valence-electron chi connectivity index (χ2n) is 5.56. The second-order valence-corrected chi connectivity index (χ2v) is 6.64. The fourth-order valence-corrected chi connectivity index (χ4v) is 2.91. The van der Waals surface area contributed by atoms with Gasteiger partial charge in [0.25, 0.3) is 0 Å². The zero-order chi connectivity index (χ0) is 18.9. The molecule has 2 aromatic rings. The molecule has 26 heavy (non-hydrogen) atoms. The van der Waals surface area contributed by atoms with E-state index < -0.39 is 5.63 Å². The minimum absolute atomic E-state index is 0.182. The van der Waals surface area contributed by atoms with Gasteiger partial charge in [-0.1, -0.05) is 18.0 Å². The summed E-state index contributed by atoms with van der Waals surface area (Å²) < 4.78 is 11.2. The van der Waals surface area contributed by atoms with E-state index in [4.69, 9.17) is 4.74 Å². The summed E-state index contributed by atoms with van der Waals surface area (Å²) >= 11 is 1.24. The molecule has 8 nitrogen and oxygen atoms in total. The number of hydrogen-bond donors (Lipinski definition) is 2. The molecule has 0 spiro atoms. The van der Waals surface area contributed by atoms with Crippen LogP contribution >= 0.6 is 11.8 Å². The van der Waals surface area contributed by atoms with Crippen LogP contribution in [0.4, 0.5) is 5.69 Å². The lowest BCUT2D eigenvalue weighted by atomic mass is 10.2. The van der Waals surface area contributed by atoms with E-state index in [0.29, 0.717) is 28.6 Å². The van der Waals surface area contributed by atoms with Crippen LogP contribution in [0.5, 0.6) is 0 Å². The lowest BCUT2D eigenvalue weighted by molar-refractivity contribution is -0.772. The number of amides is 1. The molecule has 0 aliphatic heterocycles.